The Morgan fingerprint density at radius 1 is 0.583 bits per heavy atom. The van der Waals surface area contributed by atoms with Crippen molar-refractivity contribution in [3.05, 3.63) is 112 Å². The van der Waals surface area contributed by atoms with E-state index in [1.807, 2.05) is 43.3 Å². The Kier molecular flexibility index (Phi) is 17.0. The molecule has 9 nitrogen and oxygen atoms in total. The van der Waals surface area contributed by atoms with E-state index in [1.165, 1.54) is 18.1 Å². The molecule has 0 fully saturated rings. The minimum absolute atomic E-state index is 0.215. The van der Waals surface area contributed by atoms with Gasteiger partial charge in [0, 0.05) is 24.8 Å². The summed E-state index contributed by atoms with van der Waals surface area (Å²) in [6.45, 7) is 23.7. The predicted molar refractivity (Wildman–Crippen MR) is 249 cm³/mol. The first kappa shape index (κ1) is 48.5. The fourth-order valence-corrected chi connectivity index (χ4v) is 15.7. The average molecular weight is 873 g/mol. The SMILES string of the molecule is COc1cc(CCC[Si](C)(C)OC[Si](C)(C)CO[Si](C)(C)CCCc2ccc(OC(=O)Oc3ccc(C(C)(C)c4cccc(C)c4)cc3C)c(OC)c2)ccc1OC(C)=O. The molecule has 0 aliphatic heterocycles. The highest BCUT2D eigenvalue weighted by atomic mass is 28.4. The van der Waals surface area contributed by atoms with E-state index in [4.69, 9.17) is 32.5 Å². The van der Waals surface area contributed by atoms with Crippen LogP contribution in [0.3, 0.4) is 0 Å². The van der Waals surface area contributed by atoms with Gasteiger partial charge in [-0.3, -0.25) is 4.79 Å². The van der Waals surface area contributed by atoms with E-state index < -0.39 is 30.9 Å². The van der Waals surface area contributed by atoms with Gasteiger partial charge in [-0.15, -0.1) is 0 Å². The standard InChI is InChI=1S/C48H68O9Si3/c1-35-17-14-20-40(29-35)48(4,5)41-23-26-42(36(2)30-41)56-47(50)57-44-25-22-39(32-46(44)52-7)19-16-28-60(12,13)54-34-58(8,9)33-53-59(10,11)27-15-18-38-21-24-43(55-37(3)49)45(31-38)51-6/h14,17,20-26,29-32H,15-16,18-19,27-28,33-34H2,1-13H3. The van der Waals surface area contributed by atoms with E-state index in [9.17, 15) is 9.59 Å². The minimum Gasteiger partial charge on any atom is -0.493 e. The fourth-order valence-electron chi connectivity index (χ4n) is 7.02. The van der Waals surface area contributed by atoms with Gasteiger partial charge >= 0.3 is 12.1 Å². The number of carbonyl (C=O) groups excluding carboxylic acids is 2. The molecule has 12 heteroatoms. The molecular weight excluding hydrogens is 805 g/mol. The number of hydrogen-bond acceptors (Lipinski definition) is 9. The summed E-state index contributed by atoms with van der Waals surface area (Å²) in [6.07, 6.45) is 4.54. The Bertz CT molecular complexity index is 2080. The van der Waals surface area contributed by atoms with E-state index in [0.29, 0.717) is 28.7 Å². The van der Waals surface area contributed by atoms with Crippen LogP contribution < -0.4 is 23.7 Å². The Morgan fingerprint density at radius 2 is 1.07 bits per heavy atom. The number of esters is 1. The summed E-state index contributed by atoms with van der Waals surface area (Å²) in [5.74, 6) is 1.90. The van der Waals surface area contributed by atoms with E-state index in [1.54, 1.807) is 26.4 Å². The highest BCUT2D eigenvalue weighted by Crippen LogP contribution is 2.35. The lowest BCUT2D eigenvalue weighted by atomic mass is 9.77. The molecule has 0 spiro atoms. The highest BCUT2D eigenvalue weighted by Gasteiger charge is 2.32. The first-order valence-electron chi connectivity index (χ1n) is 21.0. The molecule has 4 rings (SSSR count). The first-order valence-corrected chi connectivity index (χ1v) is 30.6. The van der Waals surface area contributed by atoms with Gasteiger partial charge in [-0.05, 0) is 136 Å². The third-order valence-electron chi connectivity index (χ3n) is 10.9. The zero-order valence-corrected chi connectivity index (χ0v) is 41.3. The smallest absolute Gasteiger partial charge is 0.493 e. The molecule has 0 unspecified atom stereocenters. The molecule has 4 aromatic rings. The van der Waals surface area contributed by atoms with Gasteiger partial charge < -0.3 is 32.5 Å². The van der Waals surface area contributed by atoms with Crippen molar-refractivity contribution < 1.29 is 42.1 Å². The van der Waals surface area contributed by atoms with Crippen LogP contribution in [0, 0.1) is 13.8 Å². The number of methoxy groups -OCH3 is 2. The van der Waals surface area contributed by atoms with Crippen LogP contribution in [0.15, 0.2) is 78.9 Å². The predicted octanol–water partition coefficient (Wildman–Crippen LogP) is 11.9. The zero-order chi connectivity index (χ0) is 44.3. The lowest BCUT2D eigenvalue weighted by Gasteiger charge is -2.32. The summed E-state index contributed by atoms with van der Waals surface area (Å²) < 4.78 is 41.0. The number of ether oxygens (including phenoxy) is 5. The third kappa shape index (κ3) is 14.8. The molecule has 0 N–H and O–H groups in total. The topological polar surface area (TPSA) is 98.8 Å². The van der Waals surface area contributed by atoms with Crippen molar-refractivity contribution in [2.75, 3.05) is 26.7 Å². The molecule has 60 heavy (non-hydrogen) atoms. The largest absolute Gasteiger partial charge is 0.519 e. The number of benzene rings is 4. The Balaban J connectivity index is 1.21. The second kappa shape index (κ2) is 21.0. The summed E-state index contributed by atoms with van der Waals surface area (Å²) in [5, 5.41) is 0. The summed E-state index contributed by atoms with van der Waals surface area (Å²) in [6, 6.07) is 27.9. The second-order valence-electron chi connectivity index (χ2n) is 18.5. The summed E-state index contributed by atoms with van der Waals surface area (Å²) in [5.41, 5.74) is 6.46. The van der Waals surface area contributed by atoms with Crippen LogP contribution in [0.1, 0.15) is 67.0 Å². The zero-order valence-electron chi connectivity index (χ0n) is 38.3. The van der Waals surface area contributed by atoms with Crippen LogP contribution in [0.25, 0.3) is 0 Å². The third-order valence-corrected chi connectivity index (χ3v) is 18.3. The van der Waals surface area contributed by atoms with Crippen LogP contribution in [0.2, 0.25) is 51.4 Å². The lowest BCUT2D eigenvalue weighted by Crippen LogP contribution is -2.47. The summed E-state index contributed by atoms with van der Waals surface area (Å²) in [4.78, 5) is 24.3. The quantitative estimate of drug-likeness (QED) is 0.0351. The maximum Gasteiger partial charge on any atom is 0.519 e. The van der Waals surface area contributed by atoms with Crippen molar-refractivity contribution in [3.63, 3.8) is 0 Å². The van der Waals surface area contributed by atoms with Gasteiger partial charge in [0.2, 0.25) is 0 Å². The van der Waals surface area contributed by atoms with Crippen LogP contribution >= 0.6 is 0 Å². The average Bonchev–Trinajstić information content (AvgIpc) is 3.18. The molecular formula is C48H68O9Si3. The van der Waals surface area contributed by atoms with Gasteiger partial charge in [0.05, 0.1) is 14.2 Å². The number of hydrogen-bond donors (Lipinski definition) is 0. The van der Waals surface area contributed by atoms with Gasteiger partial charge in [0.15, 0.2) is 39.6 Å². The van der Waals surface area contributed by atoms with Crippen LogP contribution in [-0.2, 0) is 31.9 Å². The Labute approximate surface area is 362 Å². The molecule has 0 aliphatic rings. The van der Waals surface area contributed by atoms with Crippen molar-refractivity contribution >= 4 is 36.8 Å². The fraction of sp³-hybridized carbons (Fsp3) is 0.458. The van der Waals surface area contributed by atoms with Crippen molar-refractivity contribution in [1.82, 2.24) is 0 Å². The van der Waals surface area contributed by atoms with E-state index in [-0.39, 0.29) is 11.4 Å². The summed E-state index contributed by atoms with van der Waals surface area (Å²) in [7, 11) is -2.37. The van der Waals surface area contributed by atoms with E-state index >= 15 is 0 Å². The molecule has 0 saturated carbocycles. The monoisotopic (exact) mass is 872 g/mol. The normalized spacial score (nSPS) is 12.2. The van der Waals surface area contributed by atoms with Crippen molar-refractivity contribution in [2.24, 2.45) is 0 Å². The minimum atomic E-state index is -1.92. The van der Waals surface area contributed by atoms with Crippen LogP contribution in [0.4, 0.5) is 4.79 Å². The van der Waals surface area contributed by atoms with Crippen molar-refractivity contribution in [2.45, 2.75) is 117 Å². The molecule has 0 bridgehead atoms. The molecule has 0 heterocycles. The number of carbonyl (C=O) groups is 2. The van der Waals surface area contributed by atoms with Crippen molar-refractivity contribution in [1.29, 1.82) is 0 Å². The number of rotatable bonds is 21. The maximum atomic E-state index is 12.9. The number of aryl methyl sites for hydroxylation is 4. The van der Waals surface area contributed by atoms with Crippen LogP contribution in [-0.4, -0.2) is 63.5 Å². The van der Waals surface area contributed by atoms with Gasteiger partial charge in [0.25, 0.3) is 0 Å². The molecule has 0 atom stereocenters. The molecule has 0 radical (unpaired) electrons. The molecule has 0 amide bonds. The van der Waals surface area contributed by atoms with Gasteiger partial charge in [-0.2, -0.15) is 0 Å². The van der Waals surface area contributed by atoms with Crippen LogP contribution in [0.5, 0.6) is 28.7 Å². The molecule has 0 saturated heterocycles. The van der Waals surface area contributed by atoms with E-state index in [2.05, 4.69) is 90.4 Å². The molecule has 326 valence electrons. The van der Waals surface area contributed by atoms with Gasteiger partial charge in [-0.25, -0.2) is 4.79 Å². The lowest BCUT2D eigenvalue weighted by molar-refractivity contribution is -0.132. The molecule has 0 aliphatic carbocycles. The highest BCUT2D eigenvalue weighted by molar-refractivity contribution is 6.80. The Hall–Kier alpha value is -4.21. The second-order valence-corrected chi connectivity index (χ2v) is 32.0. The van der Waals surface area contributed by atoms with Crippen molar-refractivity contribution in [3.8, 4) is 28.7 Å². The Morgan fingerprint density at radius 3 is 1.55 bits per heavy atom. The summed E-state index contributed by atoms with van der Waals surface area (Å²) >= 11 is 0. The maximum absolute atomic E-state index is 12.9. The van der Waals surface area contributed by atoms with E-state index in [0.717, 1.165) is 72.5 Å². The van der Waals surface area contributed by atoms with Gasteiger partial charge in [-0.1, -0.05) is 81.0 Å². The van der Waals surface area contributed by atoms with Gasteiger partial charge in [0.1, 0.15) is 13.8 Å². The first-order chi connectivity index (χ1) is 28.1. The molecule has 0 aromatic heterocycles. The molecule has 4 aromatic carbocycles.